The third-order valence-corrected chi connectivity index (χ3v) is 3.07. The van der Waals surface area contributed by atoms with Gasteiger partial charge in [0, 0.05) is 19.2 Å². The summed E-state index contributed by atoms with van der Waals surface area (Å²) in [4.78, 5) is 24.1. The van der Waals surface area contributed by atoms with Crippen molar-refractivity contribution >= 4 is 12.0 Å². The van der Waals surface area contributed by atoms with Crippen LogP contribution in [-0.2, 0) is 9.53 Å². The van der Waals surface area contributed by atoms with Crippen LogP contribution < -0.4 is 5.32 Å². The van der Waals surface area contributed by atoms with Gasteiger partial charge in [0.05, 0.1) is 19.1 Å². The molecule has 0 aromatic heterocycles. The molecule has 1 heterocycles. The molecule has 1 saturated heterocycles. The number of carbonyl (C=O) groups excluding carboxylic acids is 1. The summed E-state index contributed by atoms with van der Waals surface area (Å²) < 4.78 is 5.18. The molecule has 2 rings (SSSR count). The number of carboxylic acids is 1. The first kappa shape index (κ1) is 12.2. The second-order valence-electron chi connectivity index (χ2n) is 4.58. The minimum Gasteiger partial charge on any atom is -0.481 e. The molecule has 6 heteroatoms. The van der Waals surface area contributed by atoms with Gasteiger partial charge in [0.25, 0.3) is 0 Å². The predicted octanol–water partition coefficient (Wildman–Crippen LogP) is 0.424. The number of nitrogens with zero attached hydrogens (tertiary/aromatic N) is 1. The van der Waals surface area contributed by atoms with Crippen molar-refractivity contribution in [3.8, 4) is 0 Å². The average molecular weight is 242 g/mol. The molecule has 6 nitrogen and oxygen atoms in total. The van der Waals surface area contributed by atoms with Gasteiger partial charge in [-0.05, 0) is 19.3 Å². The summed E-state index contributed by atoms with van der Waals surface area (Å²) in [5, 5.41) is 11.5. The van der Waals surface area contributed by atoms with E-state index in [9.17, 15) is 9.59 Å². The lowest BCUT2D eigenvalue weighted by atomic mass is 10.2. The van der Waals surface area contributed by atoms with Crippen LogP contribution in [0, 0.1) is 0 Å². The van der Waals surface area contributed by atoms with Crippen molar-refractivity contribution in [2.45, 2.75) is 37.8 Å². The number of nitrogens with one attached hydrogen (secondary N) is 1. The van der Waals surface area contributed by atoms with Crippen LogP contribution in [0.1, 0.15) is 25.7 Å². The fourth-order valence-corrected chi connectivity index (χ4v) is 1.96. The lowest BCUT2D eigenvalue weighted by Gasteiger charge is -2.23. The molecule has 0 spiro atoms. The highest BCUT2D eigenvalue weighted by molar-refractivity contribution is 5.76. The van der Waals surface area contributed by atoms with E-state index >= 15 is 0 Å². The summed E-state index contributed by atoms with van der Waals surface area (Å²) in [7, 11) is 0. The molecule has 1 saturated carbocycles. The van der Waals surface area contributed by atoms with Crippen LogP contribution in [0.5, 0.6) is 0 Å². The van der Waals surface area contributed by atoms with Gasteiger partial charge in [-0.15, -0.1) is 0 Å². The van der Waals surface area contributed by atoms with Gasteiger partial charge in [-0.25, -0.2) is 4.79 Å². The van der Waals surface area contributed by atoms with E-state index in [1.807, 2.05) is 0 Å². The van der Waals surface area contributed by atoms with E-state index in [4.69, 9.17) is 9.84 Å². The highest BCUT2D eigenvalue weighted by Gasteiger charge is 2.33. The van der Waals surface area contributed by atoms with Crippen molar-refractivity contribution in [1.29, 1.82) is 0 Å². The first-order valence-corrected chi connectivity index (χ1v) is 6.03. The SMILES string of the molecule is O=C(O)CCN(C(=O)NC1CCOC1)C1CC1. The van der Waals surface area contributed by atoms with Crippen molar-refractivity contribution in [3.05, 3.63) is 0 Å². The molecule has 0 aromatic rings. The van der Waals surface area contributed by atoms with Crippen LogP contribution in [0.15, 0.2) is 0 Å². The predicted molar refractivity (Wildman–Crippen MR) is 59.7 cm³/mol. The molecule has 2 amide bonds. The van der Waals surface area contributed by atoms with Crippen LogP contribution in [0.3, 0.4) is 0 Å². The average Bonchev–Trinajstić information content (AvgIpc) is 2.97. The monoisotopic (exact) mass is 242 g/mol. The summed E-state index contributed by atoms with van der Waals surface area (Å²) in [6.07, 6.45) is 2.80. The van der Waals surface area contributed by atoms with E-state index < -0.39 is 5.97 Å². The molecule has 96 valence electrons. The second-order valence-corrected chi connectivity index (χ2v) is 4.58. The van der Waals surface area contributed by atoms with E-state index in [0.29, 0.717) is 19.8 Å². The van der Waals surface area contributed by atoms with Gasteiger partial charge < -0.3 is 20.1 Å². The number of rotatable bonds is 5. The van der Waals surface area contributed by atoms with Gasteiger partial charge in [-0.3, -0.25) is 4.79 Å². The van der Waals surface area contributed by atoms with Crippen LogP contribution in [0.2, 0.25) is 0 Å². The first-order valence-electron chi connectivity index (χ1n) is 6.03. The Morgan fingerprint density at radius 1 is 1.35 bits per heavy atom. The molecular formula is C11H18N2O4. The maximum absolute atomic E-state index is 12.0. The molecule has 0 bridgehead atoms. The zero-order chi connectivity index (χ0) is 12.3. The zero-order valence-corrected chi connectivity index (χ0v) is 9.72. The molecule has 2 fully saturated rings. The van der Waals surface area contributed by atoms with Gasteiger partial charge in [0.15, 0.2) is 0 Å². The Labute approximate surface area is 99.9 Å². The minimum absolute atomic E-state index is 0.00505. The van der Waals surface area contributed by atoms with Gasteiger partial charge in [0.1, 0.15) is 0 Å². The van der Waals surface area contributed by atoms with E-state index in [2.05, 4.69) is 5.32 Å². The molecule has 17 heavy (non-hydrogen) atoms. The Morgan fingerprint density at radius 2 is 2.12 bits per heavy atom. The third kappa shape index (κ3) is 3.59. The zero-order valence-electron chi connectivity index (χ0n) is 9.72. The molecule has 2 N–H and O–H groups in total. The van der Waals surface area contributed by atoms with E-state index in [-0.39, 0.29) is 24.5 Å². The maximum atomic E-state index is 12.0. The van der Waals surface area contributed by atoms with Crippen molar-refractivity contribution in [2.75, 3.05) is 19.8 Å². The Hall–Kier alpha value is -1.30. The quantitative estimate of drug-likeness (QED) is 0.732. The molecular weight excluding hydrogens is 224 g/mol. The number of amides is 2. The molecule has 2 aliphatic rings. The number of ether oxygens (including phenoxy) is 1. The number of hydrogen-bond acceptors (Lipinski definition) is 3. The fraction of sp³-hybridized carbons (Fsp3) is 0.818. The number of hydrogen-bond donors (Lipinski definition) is 2. The summed E-state index contributed by atoms with van der Waals surface area (Å²) in [6.45, 7) is 1.53. The highest BCUT2D eigenvalue weighted by Crippen LogP contribution is 2.27. The Balaban J connectivity index is 1.81. The third-order valence-electron chi connectivity index (χ3n) is 3.07. The highest BCUT2D eigenvalue weighted by atomic mass is 16.5. The van der Waals surface area contributed by atoms with Gasteiger partial charge >= 0.3 is 12.0 Å². The standard InChI is InChI=1S/C11H18N2O4/c14-10(15)3-5-13(9-1-2-9)11(16)12-8-4-6-17-7-8/h8-9H,1-7H2,(H,12,16)(H,14,15). The second kappa shape index (κ2) is 5.35. The van der Waals surface area contributed by atoms with Gasteiger partial charge in [0.2, 0.25) is 0 Å². The van der Waals surface area contributed by atoms with E-state index in [1.54, 1.807) is 4.90 Å². The lowest BCUT2D eigenvalue weighted by Crippen LogP contribution is -2.46. The molecule has 0 radical (unpaired) electrons. The van der Waals surface area contributed by atoms with Crippen molar-refractivity contribution in [3.63, 3.8) is 0 Å². The smallest absolute Gasteiger partial charge is 0.317 e. The largest absolute Gasteiger partial charge is 0.481 e. The molecule has 1 aliphatic carbocycles. The van der Waals surface area contributed by atoms with Crippen molar-refractivity contribution in [1.82, 2.24) is 10.2 Å². The normalized spacial score (nSPS) is 23.4. The fourth-order valence-electron chi connectivity index (χ4n) is 1.96. The minimum atomic E-state index is -0.868. The Bertz CT molecular complexity index is 298. The molecule has 0 aromatic carbocycles. The van der Waals surface area contributed by atoms with Crippen LogP contribution in [-0.4, -0.2) is 53.8 Å². The van der Waals surface area contributed by atoms with Gasteiger partial charge in [-0.1, -0.05) is 0 Å². The maximum Gasteiger partial charge on any atom is 0.317 e. The Kier molecular flexibility index (Phi) is 3.83. The van der Waals surface area contributed by atoms with Crippen LogP contribution in [0.4, 0.5) is 4.79 Å². The van der Waals surface area contributed by atoms with Gasteiger partial charge in [-0.2, -0.15) is 0 Å². The summed E-state index contributed by atoms with van der Waals surface area (Å²) in [6, 6.07) is 0.162. The topological polar surface area (TPSA) is 78.9 Å². The van der Waals surface area contributed by atoms with Crippen molar-refractivity contribution < 1.29 is 19.4 Å². The van der Waals surface area contributed by atoms with Crippen LogP contribution in [0.25, 0.3) is 0 Å². The summed E-state index contributed by atoms with van der Waals surface area (Å²) in [5.41, 5.74) is 0. The number of urea groups is 1. The van der Waals surface area contributed by atoms with Crippen LogP contribution >= 0.6 is 0 Å². The van der Waals surface area contributed by atoms with E-state index in [1.165, 1.54) is 0 Å². The Morgan fingerprint density at radius 3 is 2.65 bits per heavy atom. The van der Waals surface area contributed by atoms with E-state index in [0.717, 1.165) is 19.3 Å². The lowest BCUT2D eigenvalue weighted by molar-refractivity contribution is -0.137. The summed E-state index contributed by atoms with van der Waals surface area (Å²) in [5.74, 6) is -0.868. The number of carboxylic acid groups (broad SMARTS) is 1. The number of carbonyl (C=O) groups is 2. The molecule has 1 aliphatic heterocycles. The first-order chi connectivity index (χ1) is 8.16. The molecule has 1 unspecified atom stereocenters. The number of aliphatic carboxylic acids is 1. The van der Waals surface area contributed by atoms with Crippen molar-refractivity contribution in [2.24, 2.45) is 0 Å². The summed E-state index contributed by atoms with van der Waals surface area (Å²) >= 11 is 0. The molecule has 1 atom stereocenters.